The zero-order valence-electron chi connectivity index (χ0n) is 11.5. The van der Waals surface area contributed by atoms with E-state index in [-0.39, 0.29) is 6.61 Å². The number of nitrogens with zero attached hydrogens (tertiary/aromatic N) is 3. The highest BCUT2D eigenvalue weighted by atomic mass is 35.5. The summed E-state index contributed by atoms with van der Waals surface area (Å²) in [5.74, 6) is 0. The van der Waals surface area contributed by atoms with Gasteiger partial charge in [-0.1, -0.05) is 53.2 Å². The SMILES string of the molecule is Cc1ccccc1-n1nnc(CO)c1-c1ccccc1Cl. The van der Waals surface area contributed by atoms with Crippen molar-refractivity contribution >= 4 is 11.6 Å². The number of aryl methyl sites for hydroxylation is 1. The summed E-state index contributed by atoms with van der Waals surface area (Å²) in [5.41, 5.74) is 4.01. The Morgan fingerprint density at radius 2 is 1.81 bits per heavy atom. The first-order valence-electron chi connectivity index (χ1n) is 6.58. The van der Waals surface area contributed by atoms with Crippen LogP contribution in [0.4, 0.5) is 0 Å². The quantitative estimate of drug-likeness (QED) is 0.806. The van der Waals surface area contributed by atoms with Crippen LogP contribution >= 0.6 is 11.6 Å². The van der Waals surface area contributed by atoms with Crippen molar-refractivity contribution in [2.75, 3.05) is 0 Å². The number of aromatic nitrogens is 3. The first-order valence-corrected chi connectivity index (χ1v) is 6.96. The third kappa shape index (κ3) is 2.44. The molecule has 4 nitrogen and oxygen atoms in total. The smallest absolute Gasteiger partial charge is 0.117 e. The molecule has 0 spiro atoms. The molecule has 1 heterocycles. The Hall–Kier alpha value is -2.17. The van der Waals surface area contributed by atoms with E-state index in [0.717, 1.165) is 22.5 Å². The molecule has 1 N–H and O–H groups in total. The van der Waals surface area contributed by atoms with Gasteiger partial charge in [0.25, 0.3) is 0 Å². The van der Waals surface area contributed by atoms with Gasteiger partial charge >= 0.3 is 0 Å². The van der Waals surface area contributed by atoms with Crippen molar-refractivity contribution in [1.82, 2.24) is 15.0 Å². The highest BCUT2D eigenvalue weighted by Gasteiger charge is 2.18. The van der Waals surface area contributed by atoms with E-state index in [1.54, 1.807) is 4.68 Å². The summed E-state index contributed by atoms with van der Waals surface area (Å²) in [6.45, 7) is 1.82. The van der Waals surface area contributed by atoms with E-state index in [1.807, 2.05) is 55.5 Å². The lowest BCUT2D eigenvalue weighted by Gasteiger charge is -2.11. The molecule has 3 rings (SSSR count). The topological polar surface area (TPSA) is 50.9 Å². The summed E-state index contributed by atoms with van der Waals surface area (Å²) < 4.78 is 1.72. The third-order valence-corrected chi connectivity index (χ3v) is 3.69. The minimum Gasteiger partial charge on any atom is -0.390 e. The average molecular weight is 300 g/mol. The van der Waals surface area contributed by atoms with Crippen LogP contribution in [0.25, 0.3) is 16.9 Å². The Morgan fingerprint density at radius 1 is 1.10 bits per heavy atom. The molecule has 0 unspecified atom stereocenters. The summed E-state index contributed by atoms with van der Waals surface area (Å²) in [5, 5.41) is 18.4. The van der Waals surface area contributed by atoms with Gasteiger partial charge in [0.1, 0.15) is 11.4 Å². The summed E-state index contributed by atoms with van der Waals surface area (Å²) >= 11 is 6.29. The van der Waals surface area contributed by atoms with Crippen LogP contribution in [-0.2, 0) is 6.61 Å². The molecular formula is C16H14ClN3O. The maximum atomic E-state index is 9.54. The molecule has 0 saturated heterocycles. The van der Waals surface area contributed by atoms with Crippen LogP contribution in [0.2, 0.25) is 5.02 Å². The van der Waals surface area contributed by atoms with Gasteiger partial charge in [0.2, 0.25) is 0 Å². The minimum absolute atomic E-state index is 0.188. The van der Waals surface area contributed by atoms with Gasteiger partial charge in [-0.05, 0) is 24.6 Å². The van der Waals surface area contributed by atoms with Crippen LogP contribution in [0.1, 0.15) is 11.3 Å². The van der Waals surface area contributed by atoms with E-state index < -0.39 is 0 Å². The Labute approximate surface area is 127 Å². The number of hydrogen-bond donors (Lipinski definition) is 1. The molecule has 2 aromatic carbocycles. The molecule has 106 valence electrons. The second-order valence-corrected chi connectivity index (χ2v) is 5.13. The molecule has 0 atom stereocenters. The van der Waals surface area contributed by atoms with Crippen LogP contribution in [0.5, 0.6) is 0 Å². The molecule has 0 amide bonds. The summed E-state index contributed by atoms with van der Waals surface area (Å²) in [6.07, 6.45) is 0. The molecule has 3 aromatic rings. The number of aliphatic hydroxyl groups is 1. The lowest BCUT2D eigenvalue weighted by atomic mass is 10.1. The van der Waals surface area contributed by atoms with Gasteiger partial charge in [0.15, 0.2) is 0 Å². The molecular weight excluding hydrogens is 286 g/mol. The zero-order valence-corrected chi connectivity index (χ0v) is 12.2. The van der Waals surface area contributed by atoms with E-state index in [9.17, 15) is 5.11 Å². The van der Waals surface area contributed by atoms with Crippen LogP contribution in [0.15, 0.2) is 48.5 Å². The lowest BCUT2D eigenvalue weighted by molar-refractivity contribution is 0.277. The molecule has 1 aromatic heterocycles. The first-order chi connectivity index (χ1) is 10.2. The number of aliphatic hydroxyl groups excluding tert-OH is 1. The Morgan fingerprint density at radius 3 is 2.52 bits per heavy atom. The van der Waals surface area contributed by atoms with Gasteiger partial charge in [-0.2, -0.15) is 0 Å². The summed E-state index contributed by atoms with van der Waals surface area (Å²) in [6, 6.07) is 15.4. The van der Waals surface area contributed by atoms with Crippen molar-refractivity contribution in [2.24, 2.45) is 0 Å². The van der Waals surface area contributed by atoms with E-state index in [1.165, 1.54) is 0 Å². The van der Waals surface area contributed by atoms with E-state index in [0.29, 0.717) is 10.7 Å². The highest BCUT2D eigenvalue weighted by molar-refractivity contribution is 6.33. The fraction of sp³-hybridized carbons (Fsp3) is 0.125. The van der Waals surface area contributed by atoms with Crippen molar-refractivity contribution < 1.29 is 5.11 Å². The Bertz CT molecular complexity index is 783. The standard InChI is InChI=1S/C16H14ClN3O/c1-11-6-2-5-9-15(11)20-16(14(10-21)18-19-20)12-7-3-4-8-13(12)17/h2-9,21H,10H2,1H3. The number of hydrogen-bond acceptors (Lipinski definition) is 3. The molecule has 0 aliphatic rings. The number of para-hydroxylation sites is 1. The second-order valence-electron chi connectivity index (χ2n) is 4.72. The average Bonchev–Trinajstić information content (AvgIpc) is 2.92. The maximum Gasteiger partial charge on any atom is 0.117 e. The van der Waals surface area contributed by atoms with Crippen molar-refractivity contribution in [3.63, 3.8) is 0 Å². The molecule has 0 bridgehead atoms. The predicted octanol–water partition coefficient (Wildman–Crippen LogP) is 3.39. The largest absolute Gasteiger partial charge is 0.390 e. The molecule has 21 heavy (non-hydrogen) atoms. The normalized spacial score (nSPS) is 10.8. The van der Waals surface area contributed by atoms with Crippen LogP contribution in [-0.4, -0.2) is 20.1 Å². The van der Waals surface area contributed by atoms with Crippen molar-refractivity contribution in [3.05, 3.63) is 64.8 Å². The Kier molecular flexibility index (Phi) is 3.73. The fourth-order valence-corrected chi connectivity index (χ4v) is 2.54. The number of benzene rings is 2. The van der Waals surface area contributed by atoms with E-state index in [4.69, 9.17) is 11.6 Å². The van der Waals surface area contributed by atoms with Gasteiger partial charge in [-0.25, -0.2) is 4.68 Å². The fourth-order valence-electron chi connectivity index (χ4n) is 2.31. The van der Waals surface area contributed by atoms with Crippen LogP contribution in [0, 0.1) is 6.92 Å². The van der Waals surface area contributed by atoms with Crippen molar-refractivity contribution in [3.8, 4) is 16.9 Å². The molecule has 5 heteroatoms. The molecule has 0 radical (unpaired) electrons. The minimum atomic E-state index is -0.188. The first kappa shape index (κ1) is 13.8. The van der Waals surface area contributed by atoms with Gasteiger partial charge in [-0.15, -0.1) is 5.10 Å². The summed E-state index contributed by atoms with van der Waals surface area (Å²) in [7, 11) is 0. The van der Waals surface area contributed by atoms with Gasteiger partial charge in [0.05, 0.1) is 17.3 Å². The summed E-state index contributed by atoms with van der Waals surface area (Å²) in [4.78, 5) is 0. The molecule has 0 aliphatic heterocycles. The zero-order chi connectivity index (χ0) is 14.8. The lowest BCUT2D eigenvalue weighted by Crippen LogP contribution is -2.02. The molecule has 0 saturated carbocycles. The monoisotopic (exact) mass is 299 g/mol. The third-order valence-electron chi connectivity index (χ3n) is 3.36. The van der Waals surface area contributed by atoms with Gasteiger partial charge < -0.3 is 5.11 Å². The second kappa shape index (κ2) is 5.68. The van der Waals surface area contributed by atoms with Crippen LogP contribution < -0.4 is 0 Å². The van der Waals surface area contributed by atoms with Crippen molar-refractivity contribution in [1.29, 1.82) is 0 Å². The predicted molar refractivity (Wildman–Crippen MR) is 82.5 cm³/mol. The van der Waals surface area contributed by atoms with Crippen molar-refractivity contribution in [2.45, 2.75) is 13.5 Å². The maximum absolute atomic E-state index is 9.54. The van der Waals surface area contributed by atoms with E-state index >= 15 is 0 Å². The Balaban J connectivity index is 2.28. The van der Waals surface area contributed by atoms with E-state index in [2.05, 4.69) is 10.3 Å². The molecule has 0 aliphatic carbocycles. The van der Waals surface area contributed by atoms with Gasteiger partial charge in [0, 0.05) is 5.56 Å². The highest BCUT2D eigenvalue weighted by Crippen LogP contribution is 2.31. The number of halogens is 1. The molecule has 0 fully saturated rings. The number of rotatable bonds is 3. The van der Waals surface area contributed by atoms with Gasteiger partial charge in [-0.3, -0.25) is 0 Å². The van der Waals surface area contributed by atoms with Crippen LogP contribution in [0.3, 0.4) is 0 Å².